The minimum Gasteiger partial charge on any atom is -0.318 e. The molecular weight excluding hydrogens is 408 g/mol. The number of hydrogen-bond acceptors (Lipinski definition) is 5. The van der Waals surface area contributed by atoms with Gasteiger partial charge in [-0.3, -0.25) is 4.79 Å². The van der Waals surface area contributed by atoms with E-state index in [-0.39, 0.29) is 23.9 Å². The maximum Gasteiger partial charge on any atom is 0.258 e. The topological polar surface area (TPSA) is 70.0 Å². The zero-order valence-electron chi connectivity index (χ0n) is 14.7. The summed E-state index contributed by atoms with van der Waals surface area (Å²) in [6, 6.07) is 8.36. The van der Waals surface area contributed by atoms with E-state index in [2.05, 4.69) is 4.40 Å². The van der Waals surface area contributed by atoms with Gasteiger partial charge in [0.05, 0.1) is 11.4 Å². The van der Waals surface area contributed by atoms with Crippen molar-refractivity contribution in [1.29, 1.82) is 0 Å². The lowest BCUT2D eigenvalue weighted by Crippen LogP contribution is -2.35. The lowest BCUT2D eigenvalue weighted by Gasteiger charge is -2.23. The second kappa shape index (κ2) is 6.85. The third-order valence-corrected chi connectivity index (χ3v) is 6.80. The number of rotatable bonds is 3. The van der Waals surface area contributed by atoms with Crippen molar-refractivity contribution >= 4 is 44.2 Å². The minimum atomic E-state index is -3.46. The third kappa shape index (κ3) is 3.26. The standard InChI is InChI=1S/C18H15F2N3O3S2/c1-2-22(12-4-5-13(19)14(20)10-12)17(24)11-3-6-15-16(9-11)27-18-21-28(25,26)8-7-23(15)18/h3-6,9-10H,2,7-8H2,1H3. The summed E-state index contributed by atoms with van der Waals surface area (Å²) in [5.41, 5.74) is 1.42. The summed E-state index contributed by atoms with van der Waals surface area (Å²) in [5, 5.41) is 0.374. The minimum absolute atomic E-state index is 0.0586. The number of amidine groups is 1. The molecule has 10 heteroatoms. The van der Waals surface area contributed by atoms with Gasteiger partial charge in [-0.1, -0.05) is 0 Å². The van der Waals surface area contributed by atoms with Crippen LogP contribution in [-0.4, -0.2) is 38.3 Å². The summed E-state index contributed by atoms with van der Waals surface area (Å²) >= 11 is 1.19. The van der Waals surface area contributed by atoms with Gasteiger partial charge in [-0.05, 0) is 49.0 Å². The first-order valence-corrected chi connectivity index (χ1v) is 10.9. The molecule has 0 N–H and O–H groups in total. The molecule has 2 aliphatic heterocycles. The van der Waals surface area contributed by atoms with Gasteiger partial charge in [0.1, 0.15) is 0 Å². The van der Waals surface area contributed by atoms with Crippen LogP contribution in [0, 0.1) is 11.6 Å². The smallest absolute Gasteiger partial charge is 0.258 e. The van der Waals surface area contributed by atoms with Crippen LogP contribution in [0.3, 0.4) is 0 Å². The first kappa shape index (κ1) is 18.9. The maximum atomic E-state index is 13.6. The van der Waals surface area contributed by atoms with Crippen LogP contribution in [0.25, 0.3) is 0 Å². The first-order chi connectivity index (χ1) is 13.3. The maximum absolute atomic E-state index is 13.6. The largest absolute Gasteiger partial charge is 0.318 e. The number of hydrogen-bond donors (Lipinski definition) is 0. The van der Waals surface area contributed by atoms with E-state index in [9.17, 15) is 22.0 Å². The van der Waals surface area contributed by atoms with E-state index in [1.54, 1.807) is 25.1 Å². The molecule has 0 saturated heterocycles. The fourth-order valence-electron chi connectivity index (χ4n) is 3.12. The van der Waals surface area contributed by atoms with Crippen LogP contribution >= 0.6 is 11.8 Å². The molecule has 0 aromatic heterocycles. The molecule has 0 radical (unpaired) electrons. The lowest BCUT2D eigenvalue weighted by molar-refractivity contribution is 0.0988. The Morgan fingerprint density at radius 3 is 2.71 bits per heavy atom. The van der Waals surface area contributed by atoms with Gasteiger partial charge in [0.2, 0.25) is 0 Å². The molecule has 0 bridgehead atoms. The van der Waals surface area contributed by atoms with Crippen LogP contribution in [0.2, 0.25) is 0 Å². The Hall–Kier alpha value is -2.46. The summed E-state index contributed by atoms with van der Waals surface area (Å²) in [5.74, 6) is -2.43. The molecular formula is C18H15F2N3O3S2. The lowest BCUT2D eigenvalue weighted by atomic mass is 10.1. The molecule has 0 atom stereocenters. The van der Waals surface area contributed by atoms with Gasteiger partial charge in [0.25, 0.3) is 15.9 Å². The molecule has 0 aliphatic carbocycles. The number of amides is 1. The van der Waals surface area contributed by atoms with Crippen molar-refractivity contribution < 1.29 is 22.0 Å². The second-order valence-corrected chi connectivity index (χ2v) is 9.01. The highest BCUT2D eigenvalue weighted by Gasteiger charge is 2.33. The number of halogens is 2. The number of carbonyl (C=O) groups excluding carboxylic acids is 1. The highest BCUT2D eigenvalue weighted by atomic mass is 32.2. The number of fused-ring (bicyclic) bond motifs is 3. The molecule has 0 unspecified atom stereocenters. The van der Waals surface area contributed by atoms with E-state index in [0.29, 0.717) is 17.3 Å². The third-order valence-electron chi connectivity index (χ3n) is 4.50. The fourth-order valence-corrected chi connectivity index (χ4v) is 5.41. The van der Waals surface area contributed by atoms with Crippen molar-refractivity contribution in [2.45, 2.75) is 11.8 Å². The van der Waals surface area contributed by atoms with Gasteiger partial charge >= 0.3 is 0 Å². The molecule has 1 amide bonds. The van der Waals surface area contributed by atoms with Crippen molar-refractivity contribution in [2.24, 2.45) is 4.40 Å². The SMILES string of the molecule is CCN(C(=O)c1ccc2c(c1)SC1=NS(=O)(=O)CCN12)c1ccc(F)c(F)c1. The van der Waals surface area contributed by atoms with Gasteiger partial charge in [0.15, 0.2) is 16.8 Å². The van der Waals surface area contributed by atoms with Crippen LogP contribution in [-0.2, 0) is 10.0 Å². The number of sulfonamides is 1. The van der Waals surface area contributed by atoms with E-state index < -0.39 is 21.7 Å². The molecule has 6 nitrogen and oxygen atoms in total. The Kier molecular flexibility index (Phi) is 4.62. The predicted molar refractivity (Wildman–Crippen MR) is 105 cm³/mol. The monoisotopic (exact) mass is 423 g/mol. The zero-order valence-corrected chi connectivity index (χ0v) is 16.4. The molecule has 0 spiro atoms. The highest BCUT2D eigenvalue weighted by Crippen LogP contribution is 2.42. The van der Waals surface area contributed by atoms with Gasteiger partial charge in [0, 0.05) is 35.3 Å². The summed E-state index contributed by atoms with van der Waals surface area (Å²) in [7, 11) is -3.46. The van der Waals surface area contributed by atoms with Crippen LogP contribution in [0.5, 0.6) is 0 Å². The number of anilines is 2. The number of benzene rings is 2. The molecule has 146 valence electrons. The van der Waals surface area contributed by atoms with E-state index in [1.165, 1.54) is 22.7 Å². The van der Waals surface area contributed by atoms with Gasteiger partial charge < -0.3 is 9.80 Å². The van der Waals surface area contributed by atoms with Crippen molar-refractivity contribution in [3.05, 3.63) is 53.6 Å². The molecule has 2 aromatic rings. The average Bonchev–Trinajstić information content (AvgIpc) is 3.00. The summed E-state index contributed by atoms with van der Waals surface area (Å²) in [6.45, 7) is 2.32. The molecule has 0 saturated carbocycles. The van der Waals surface area contributed by atoms with Crippen LogP contribution in [0.1, 0.15) is 17.3 Å². The van der Waals surface area contributed by atoms with Crippen LogP contribution < -0.4 is 9.80 Å². The van der Waals surface area contributed by atoms with E-state index in [0.717, 1.165) is 22.7 Å². The van der Waals surface area contributed by atoms with E-state index in [1.807, 2.05) is 4.90 Å². The van der Waals surface area contributed by atoms with Gasteiger partial charge in [-0.15, -0.1) is 4.40 Å². The number of nitrogens with zero attached hydrogens (tertiary/aromatic N) is 3. The quantitative estimate of drug-likeness (QED) is 0.758. The van der Waals surface area contributed by atoms with Crippen molar-refractivity contribution in [2.75, 3.05) is 28.6 Å². The van der Waals surface area contributed by atoms with Crippen molar-refractivity contribution in [3.63, 3.8) is 0 Å². The normalized spacial score (nSPS) is 17.0. The first-order valence-electron chi connectivity index (χ1n) is 8.48. The Morgan fingerprint density at radius 2 is 2.00 bits per heavy atom. The summed E-state index contributed by atoms with van der Waals surface area (Å²) in [6.07, 6.45) is 0. The highest BCUT2D eigenvalue weighted by molar-refractivity contribution is 8.15. The van der Waals surface area contributed by atoms with Gasteiger partial charge in [-0.2, -0.15) is 0 Å². The molecule has 0 fully saturated rings. The summed E-state index contributed by atoms with van der Waals surface area (Å²) in [4.78, 5) is 16.8. The molecule has 2 heterocycles. The van der Waals surface area contributed by atoms with Crippen molar-refractivity contribution in [1.82, 2.24) is 0 Å². The summed E-state index contributed by atoms with van der Waals surface area (Å²) < 4.78 is 54.0. The molecule has 2 aromatic carbocycles. The van der Waals surface area contributed by atoms with Crippen LogP contribution in [0.15, 0.2) is 45.7 Å². The van der Waals surface area contributed by atoms with E-state index >= 15 is 0 Å². The van der Waals surface area contributed by atoms with Crippen LogP contribution in [0.4, 0.5) is 20.2 Å². The number of thioether (sulfide) groups is 1. The average molecular weight is 423 g/mol. The Balaban J connectivity index is 1.66. The van der Waals surface area contributed by atoms with Gasteiger partial charge in [-0.25, -0.2) is 17.2 Å². The fraction of sp³-hybridized carbons (Fsp3) is 0.222. The van der Waals surface area contributed by atoms with Crippen molar-refractivity contribution in [3.8, 4) is 0 Å². The zero-order chi connectivity index (χ0) is 20.1. The van der Waals surface area contributed by atoms with E-state index in [4.69, 9.17) is 0 Å². The second-order valence-electron chi connectivity index (χ2n) is 6.24. The number of carbonyl (C=O) groups is 1. The molecule has 2 aliphatic rings. The Bertz CT molecular complexity index is 1120. The Labute approximate surface area is 164 Å². The molecule has 4 rings (SSSR count). The molecule has 28 heavy (non-hydrogen) atoms. The Morgan fingerprint density at radius 1 is 1.21 bits per heavy atom. The predicted octanol–water partition coefficient (Wildman–Crippen LogP) is 3.24.